The van der Waals surface area contributed by atoms with Crippen LogP contribution in [0.4, 0.5) is 11.5 Å². The fraction of sp³-hybridized carbons (Fsp3) is 0. The molecule has 2 N–H and O–H groups in total. The van der Waals surface area contributed by atoms with Gasteiger partial charge in [0, 0.05) is 22.7 Å². The number of fused-ring (bicyclic) bond motifs is 2. The van der Waals surface area contributed by atoms with E-state index in [4.69, 9.17) is 4.98 Å². The van der Waals surface area contributed by atoms with Crippen molar-refractivity contribution >= 4 is 33.3 Å². The highest BCUT2D eigenvalue weighted by Crippen LogP contribution is 2.27. The second-order valence-electron chi connectivity index (χ2n) is 5.92. The first kappa shape index (κ1) is 14.5. The van der Waals surface area contributed by atoms with Crippen LogP contribution in [-0.2, 0) is 0 Å². The van der Waals surface area contributed by atoms with E-state index in [2.05, 4.69) is 25.5 Å². The Morgan fingerprint density at radius 3 is 2.73 bits per heavy atom. The molecular formula is C20H14N6. The molecule has 6 heteroatoms. The van der Waals surface area contributed by atoms with Crippen LogP contribution in [0.15, 0.2) is 73.1 Å². The van der Waals surface area contributed by atoms with Crippen molar-refractivity contribution in [2.24, 2.45) is 0 Å². The lowest BCUT2D eigenvalue weighted by atomic mass is 10.2. The van der Waals surface area contributed by atoms with E-state index in [9.17, 15) is 0 Å². The Morgan fingerprint density at radius 2 is 1.81 bits per heavy atom. The van der Waals surface area contributed by atoms with Crippen LogP contribution in [0.3, 0.4) is 0 Å². The highest BCUT2D eigenvalue weighted by molar-refractivity contribution is 5.93. The molecule has 5 aromatic rings. The molecule has 0 saturated carbocycles. The molecule has 3 aromatic heterocycles. The van der Waals surface area contributed by atoms with Gasteiger partial charge in [0.05, 0.1) is 17.2 Å². The average Bonchev–Trinajstić information content (AvgIpc) is 3.16. The number of hydrogen-bond acceptors (Lipinski definition) is 5. The summed E-state index contributed by atoms with van der Waals surface area (Å²) in [6, 6.07) is 19.7. The first-order valence-corrected chi connectivity index (χ1v) is 8.25. The number of nitrogens with one attached hydrogen (secondary N) is 2. The minimum atomic E-state index is 0.594. The van der Waals surface area contributed by atoms with Gasteiger partial charge in [-0.25, -0.2) is 9.97 Å². The van der Waals surface area contributed by atoms with Gasteiger partial charge in [-0.05, 0) is 42.5 Å². The number of nitrogens with zero attached hydrogens (tertiary/aromatic N) is 4. The van der Waals surface area contributed by atoms with Crippen molar-refractivity contribution in [2.75, 3.05) is 5.32 Å². The highest BCUT2D eigenvalue weighted by Gasteiger charge is 2.10. The van der Waals surface area contributed by atoms with Crippen LogP contribution in [-0.4, -0.2) is 25.1 Å². The molecule has 0 atom stereocenters. The van der Waals surface area contributed by atoms with Crippen LogP contribution in [0.2, 0.25) is 0 Å². The average molecular weight is 338 g/mol. The predicted octanol–water partition coefficient (Wildman–Crippen LogP) is 4.31. The van der Waals surface area contributed by atoms with Gasteiger partial charge in [0.25, 0.3) is 0 Å². The quantitative estimate of drug-likeness (QED) is 0.512. The normalized spacial score (nSPS) is 11.1. The zero-order chi connectivity index (χ0) is 17.3. The van der Waals surface area contributed by atoms with Crippen molar-refractivity contribution in [2.45, 2.75) is 0 Å². The molecule has 0 saturated heterocycles. The van der Waals surface area contributed by atoms with E-state index < -0.39 is 0 Å². The number of rotatable bonds is 3. The third-order valence-electron chi connectivity index (χ3n) is 4.20. The zero-order valence-corrected chi connectivity index (χ0v) is 13.7. The SMILES string of the molecule is c1ccc(-c2nc(Nc3ccc4[nH]ncc4c3)c3ccccc3n2)nc1. The standard InChI is InChI=1S/C20H14N6/c1-2-6-17-15(5-1)19(25-20(24-17)18-7-3-4-10-21-18)23-14-8-9-16-13(11-14)12-22-26-16/h1-12H,(H,22,26)(H,23,24,25). The molecule has 0 aliphatic heterocycles. The number of hydrogen-bond donors (Lipinski definition) is 2. The summed E-state index contributed by atoms with van der Waals surface area (Å²) in [5, 5.41) is 12.4. The van der Waals surface area contributed by atoms with E-state index in [1.54, 1.807) is 12.4 Å². The molecule has 5 rings (SSSR count). The van der Waals surface area contributed by atoms with Gasteiger partial charge in [-0.3, -0.25) is 10.1 Å². The lowest BCUT2D eigenvalue weighted by molar-refractivity contribution is 1.12. The summed E-state index contributed by atoms with van der Waals surface area (Å²) in [5.41, 5.74) is 3.55. The topological polar surface area (TPSA) is 79.4 Å². The molecule has 2 aromatic carbocycles. The van der Waals surface area contributed by atoms with Crippen LogP contribution in [0.5, 0.6) is 0 Å². The van der Waals surface area contributed by atoms with Crippen molar-refractivity contribution in [1.82, 2.24) is 25.1 Å². The Balaban J connectivity index is 1.65. The minimum absolute atomic E-state index is 0.594. The molecule has 0 radical (unpaired) electrons. The van der Waals surface area contributed by atoms with Gasteiger partial charge >= 0.3 is 0 Å². The molecule has 0 spiro atoms. The van der Waals surface area contributed by atoms with Gasteiger partial charge in [-0.1, -0.05) is 18.2 Å². The van der Waals surface area contributed by atoms with Gasteiger partial charge in [0.2, 0.25) is 0 Å². The third-order valence-corrected chi connectivity index (χ3v) is 4.20. The lowest BCUT2D eigenvalue weighted by Crippen LogP contribution is -2.00. The summed E-state index contributed by atoms with van der Waals surface area (Å²) < 4.78 is 0. The Hall–Kier alpha value is -3.80. The van der Waals surface area contributed by atoms with Gasteiger partial charge in [0.1, 0.15) is 11.5 Å². The van der Waals surface area contributed by atoms with E-state index in [-0.39, 0.29) is 0 Å². The number of aromatic amines is 1. The van der Waals surface area contributed by atoms with Gasteiger partial charge in [0.15, 0.2) is 5.82 Å². The van der Waals surface area contributed by atoms with E-state index in [0.717, 1.165) is 39.0 Å². The molecule has 0 fully saturated rings. The molecule has 0 unspecified atom stereocenters. The second-order valence-corrected chi connectivity index (χ2v) is 5.92. The molecule has 0 aliphatic rings. The summed E-state index contributed by atoms with van der Waals surface area (Å²) in [5.74, 6) is 1.34. The Bertz CT molecular complexity index is 1210. The number of aromatic nitrogens is 5. The van der Waals surface area contributed by atoms with Crippen LogP contribution in [0, 0.1) is 0 Å². The van der Waals surface area contributed by atoms with Crippen molar-refractivity contribution in [3.05, 3.63) is 73.1 Å². The zero-order valence-electron chi connectivity index (χ0n) is 13.7. The van der Waals surface area contributed by atoms with Crippen molar-refractivity contribution < 1.29 is 0 Å². The summed E-state index contributed by atoms with van der Waals surface area (Å²) in [6.45, 7) is 0. The number of pyridine rings is 1. The summed E-state index contributed by atoms with van der Waals surface area (Å²) in [6.07, 6.45) is 3.55. The number of H-pyrrole nitrogens is 1. The summed E-state index contributed by atoms with van der Waals surface area (Å²) >= 11 is 0. The molecule has 0 amide bonds. The Labute approximate surface area is 149 Å². The monoisotopic (exact) mass is 338 g/mol. The van der Waals surface area contributed by atoms with Crippen molar-refractivity contribution in [1.29, 1.82) is 0 Å². The van der Waals surface area contributed by atoms with Crippen LogP contribution in [0.1, 0.15) is 0 Å². The number of anilines is 2. The predicted molar refractivity (Wildman–Crippen MR) is 102 cm³/mol. The molecule has 0 bridgehead atoms. The van der Waals surface area contributed by atoms with E-state index in [1.807, 2.05) is 60.7 Å². The molecule has 0 aliphatic carbocycles. The van der Waals surface area contributed by atoms with Gasteiger partial charge < -0.3 is 5.32 Å². The first-order valence-electron chi connectivity index (χ1n) is 8.25. The van der Waals surface area contributed by atoms with Crippen LogP contribution >= 0.6 is 0 Å². The Morgan fingerprint density at radius 1 is 0.885 bits per heavy atom. The number of para-hydroxylation sites is 1. The maximum absolute atomic E-state index is 4.73. The van der Waals surface area contributed by atoms with E-state index >= 15 is 0 Å². The van der Waals surface area contributed by atoms with E-state index in [0.29, 0.717) is 5.82 Å². The smallest absolute Gasteiger partial charge is 0.180 e. The minimum Gasteiger partial charge on any atom is -0.340 e. The Kier molecular flexibility index (Phi) is 3.31. The van der Waals surface area contributed by atoms with Gasteiger partial charge in [-0.2, -0.15) is 5.10 Å². The fourth-order valence-electron chi connectivity index (χ4n) is 2.94. The molecule has 3 heterocycles. The molecule has 26 heavy (non-hydrogen) atoms. The molecule has 124 valence electrons. The fourth-order valence-corrected chi connectivity index (χ4v) is 2.94. The van der Waals surface area contributed by atoms with Crippen LogP contribution < -0.4 is 5.32 Å². The summed E-state index contributed by atoms with van der Waals surface area (Å²) in [7, 11) is 0. The van der Waals surface area contributed by atoms with Gasteiger partial charge in [-0.15, -0.1) is 0 Å². The maximum Gasteiger partial charge on any atom is 0.180 e. The molecular weight excluding hydrogens is 324 g/mol. The summed E-state index contributed by atoms with van der Waals surface area (Å²) in [4.78, 5) is 13.8. The largest absolute Gasteiger partial charge is 0.340 e. The van der Waals surface area contributed by atoms with E-state index in [1.165, 1.54) is 0 Å². The van der Waals surface area contributed by atoms with Crippen LogP contribution in [0.25, 0.3) is 33.3 Å². The maximum atomic E-state index is 4.73. The third kappa shape index (κ3) is 2.53. The first-order chi connectivity index (χ1) is 12.9. The van der Waals surface area contributed by atoms with Crippen molar-refractivity contribution in [3.63, 3.8) is 0 Å². The second kappa shape index (κ2) is 5.93. The lowest BCUT2D eigenvalue weighted by Gasteiger charge is -2.11. The highest BCUT2D eigenvalue weighted by atomic mass is 15.1. The number of benzene rings is 2. The van der Waals surface area contributed by atoms with Crippen molar-refractivity contribution in [3.8, 4) is 11.5 Å². The molecule has 6 nitrogen and oxygen atoms in total.